The topological polar surface area (TPSA) is 45.5 Å². The van der Waals surface area contributed by atoms with E-state index in [4.69, 9.17) is 4.42 Å². The number of anilines is 1. The van der Waals surface area contributed by atoms with E-state index in [0.29, 0.717) is 12.4 Å². The average Bonchev–Trinajstić information content (AvgIpc) is 2.60. The summed E-state index contributed by atoms with van der Waals surface area (Å²) in [6.07, 6.45) is 0. The van der Waals surface area contributed by atoms with Gasteiger partial charge in [-0.05, 0) is 19.5 Å². The number of nitrogens with zero attached hydrogens (tertiary/aromatic N) is 1. The predicted molar refractivity (Wildman–Crippen MR) is 55.4 cm³/mol. The number of hydrogen-bond acceptors (Lipinski definition) is 3. The molecule has 0 saturated carbocycles. The maximum Gasteiger partial charge on any atom is 0.242 e. The highest BCUT2D eigenvalue weighted by Crippen LogP contribution is 2.15. The highest BCUT2D eigenvalue weighted by atomic mass is 16.4. The van der Waals surface area contributed by atoms with Crippen molar-refractivity contribution < 1.29 is 9.21 Å². The Labute approximate surface area is 83.9 Å². The van der Waals surface area contributed by atoms with E-state index in [1.807, 2.05) is 19.9 Å². The Morgan fingerprint density at radius 1 is 1.57 bits per heavy atom. The Morgan fingerprint density at radius 2 is 2.29 bits per heavy atom. The van der Waals surface area contributed by atoms with Crippen LogP contribution in [0.3, 0.4) is 0 Å². The van der Waals surface area contributed by atoms with Gasteiger partial charge in [0.15, 0.2) is 0 Å². The van der Waals surface area contributed by atoms with Crippen LogP contribution in [0.5, 0.6) is 0 Å². The van der Waals surface area contributed by atoms with Gasteiger partial charge in [-0.2, -0.15) is 0 Å². The second-order valence-corrected chi connectivity index (χ2v) is 3.12. The summed E-state index contributed by atoms with van der Waals surface area (Å²) in [6, 6.07) is 3.63. The summed E-state index contributed by atoms with van der Waals surface area (Å²) in [4.78, 5) is 13.0. The Morgan fingerprint density at radius 3 is 2.79 bits per heavy atom. The van der Waals surface area contributed by atoms with Gasteiger partial charge in [-0.1, -0.05) is 6.92 Å². The van der Waals surface area contributed by atoms with E-state index in [9.17, 15) is 4.79 Å². The lowest BCUT2D eigenvalue weighted by atomic mass is 10.4. The molecule has 1 rings (SSSR count). The van der Waals surface area contributed by atoms with E-state index in [1.165, 1.54) is 4.90 Å². The molecule has 1 N–H and O–H groups in total. The van der Waals surface area contributed by atoms with Crippen LogP contribution < -0.4 is 10.2 Å². The highest BCUT2D eigenvalue weighted by Gasteiger charge is 2.12. The molecular weight excluding hydrogens is 180 g/mol. The van der Waals surface area contributed by atoms with Gasteiger partial charge in [-0.25, -0.2) is 0 Å². The van der Waals surface area contributed by atoms with Crippen LogP contribution in [0, 0.1) is 6.92 Å². The SMILES string of the molecule is CCNCC(=O)N(C)c1ccc(C)o1. The lowest BCUT2D eigenvalue weighted by molar-refractivity contribution is -0.117. The van der Waals surface area contributed by atoms with E-state index in [2.05, 4.69) is 5.32 Å². The third-order valence-corrected chi connectivity index (χ3v) is 1.96. The largest absolute Gasteiger partial charge is 0.445 e. The molecule has 4 heteroatoms. The van der Waals surface area contributed by atoms with Crippen LogP contribution in [0.2, 0.25) is 0 Å². The molecule has 0 bridgehead atoms. The van der Waals surface area contributed by atoms with E-state index >= 15 is 0 Å². The van der Waals surface area contributed by atoms with Gasteiger partial charge in [-0.3, -0.25) is 9.69 Å². The van der Waals surface area contributed by atoms with Gasteiger partial charge in [0.2, 0.25) is 11.8 Å². The maximum atomic E-state index is 11.5. The molecule has 0 unspecified atom stereocenters. The lowest BCUT2D eigenvalue weighted by Gasteiger charge is -2.13. The van der Waals surface area contributed by atoms with Crippen molar-refractivity contribution >= 4 is 11.8 Å². The Bertz CT molecular complexity index is 307. The molecule has 0 aliphatic carbocycles. The minimum absolute atomic E-state index is 0.00111. The number of rotatable bonds is 4. The van der Waals surface area contributed by atoms with Crippen LogP contribution in [-0.2, 0) is 4.79 Å². The normalized spacial score (nSPS) is 10.2. The molecule has 1 aromatic heterocycles. The molecule has 1 amide bonds. The zero-order valence-electron chi connectivity index (χ0n) is 8.83. The van der Waals surface area contributed by atoms with Crippen molar-refractivity contribution in [3.05, 3.63) is 17.9 Å². The number of nitrogens with one attached hydrogen (secondary N) is 1. The van der Waals surface area contributed by atoms with Gasteiger partial charge >= 0.3 is 0 Å². The van der Waals surface area contributed by atoms with Gasteiger partial charge in [-0.15, -0.1) is 0 Å². The smallest absolute Gasteiger partial charge is 0.242 e. The van der Waals surface area contributed by atoms with Crippen LogP contribution in [0.1, 0.15) is 12.7 Å². The first-order valence-corrected chi connectivity index (χ1v) is 4.69. The average molecular weight is 196 g/mol. The van der Waals surface area contributed by atoms with E-state index < -0.39 is 0 Å². The number of likely N-dealkylation sites (N-methyl/N-ethyl adjacent to an activating group) is 2. The first-order valence-electron chi connectivity index (χ1n) is 4.69. The molecule has 0 aromatic carbocycles. The third kappa shape index (κ3) is 2.60. The molecule has 0 aliphatic heterocycles. The number of hydrogen-bond donors (Lipinski definition) is 1. The van der Waals surface area contributed by atoms with E-state index in [-0.39, 0.29) is 5.91 Å². The molecule has 0 atom stereocenters. The van der Waals surface area contributed by atoms with Crippen LogP contribution in [0.25, 0.3) is 0 Å². The van der Waals surface area contributed by atoms with E-state index in [0.717, 1.165) is 12.3 Å². The van der Waals surface area contributed by atoms with Gasteiger partial charge in [0, 0.05) is 13.1 Å². The molecular formula is C10H16N2O2. The fraction of sp³-hybridized carbons (Fsp3) is 0.500. The molecule has 0 radical (unpaired) electrons. The van der Waals surface area contributed by atoms with Crippen molar-refractivity contribution in [3.63, 3.8) is 0 Å². The Hall–Kier alpha value is -1.29. The summed E-state index contributed by atoms with van der Waals surface area (Å²) in [6.45, 7) is 4.94. The first kappa shape index (κ1) is 10.8. The monoisotopic (exact) mass is 196 g/mol. The maximum absolute atomic E-state index is 11.5. The molecule has 14 heavy (non-hydrogen) atoms. The van der Waals surface area contributed by atoms with Crippen LogP contribution in [0.4, 0.5) is 5.88 Å². The lowest BCUT2D eigenvalue weighted by Crippen LogP contribution is -2.35. The van der Waals surface area contributed by atoms with Gasteiger partial charge in [0.05, 0.1) is 6.54 Å². The number of carbonyl (C=O) groups is 1. The molecule has 4 nitrogen and oxygen atoms in total. The fourth-order valence-electron chi connectivity index (χ4n) is 1.08. The first-order chi connectivity index (χ1) is 6.65. The molecule has 0 spiro atoms. The van der Waals surface area contributed by atoms with Crippen molar-refractivity contribution in [2.75, 3.05) is 25.0 Å². The summed E-state index contributed by atoms with van der Waals surface area (Å²) in [5.74, 6) is 1.40. The summed E-state index contributed by atoms with van der Waals surface area (Å²) in [5.41, 5.74) is 0. The minimum Gasteiger partial charge on any atom is -0.445 e. The number of aryl methyl sites for hydroxylation is 1. The summed E-state index contributed by atoms with van der Waals surface area (Å²) >= 11 is 0. The van der Waals surface area contributed by atoms with Crippen molar-refractivity contribution in [1.82, 2.24) is 5.32 Å². The van der Waals surface area contributed by atoms with Crippen LogP contribution >= 0.6 is 0 Å². The Kier molecular flexibility index (Phi) is 3.71. The fourth-order valence-corrected chi connectivity index (χ4v) is 1.08. The van der Waals surface area contributed by atoms with Gasteiger partial charge in [0.25, 0.3) is 0 Å². The second-order valence-electron chi connectivity index (χ2n) is 3.12. The van der Waals surface area contributed by atoms with Crippen molar-refractivity contribution in [2.24, 2.45) is 0 Å². The molecule has 0 saturated heterocycles. The molecule has 78 valence electrons. The van der Waals surface area contributed by atoms with Gasteiger partial charge in [0.1, 0.15) is 5.76 Å². The van der Waals surface area contributed by atoms with Gasteiger partial charge < -0.3 is 9.73 Å². The van der Waals surface area contributed by atoms with E-state index in [1.54, 1.807) is 13.1 Å². The zero-order chi connectivity index (χ0) is 10.6. The Balaban J connectivity index is 2.56. The highest BCUT2D eigenvalue weighted by molar-refractivity contribution is 5.92. The van der Waals surface area contributed by atoms with Crippen molar-refractivity contribution in [1.29, 1.82) is 0 Å². The predicted octanol–water partition coefficient (Wildman–Crippen LogP) is 1.16. The standard InChI is InChI=1S/C10H16N2O2/c1-4-11-7-9(13)12(3)10-6-5-8(2)14-10/h5-6,11H,4,7H2,1-3H3. The quantitative estimate of drug-likeness (QED) is 0.786. The summed E-state index contributed by atoms with van der Waals surface area (Å²) in [5, 5.41) is 2.97. The number of amides is 1. The van der Waals surface area contributed by atoms with Crippen LogP contribution in [0.15, 0.2) is 16.5 Å². The second kappa shape index (κ2) is 4.81. The molecule has 0 fully saturated rings. The number of furan rings is 1. The minimum atomic E-state index is 0.00111. The number of carbonyl (C=O) groups excluding carboxylic acids is 1. The summed E-state index contributed by atoms with van der Waals surface area (Å²) in [7, 11) is 1.71. The zero-order valence-corrected chi connectivity index (χ0v) is 8.83. The molecule has 1 aromatic rings. The van der Waals surface area contributed by atoms with Crippen molar-refractivity contribution in [3.8, 4) is 0 Å². The third-order valence-electron chi connectivity index (χ3n) is 1.96. The van der Waals surface area contributed by atoms with Crippen molar-refractivity contribution in [2.45, 2.75) is 13.8 Å². The molecule has 1 heterocycles. The molecule has 0 aliphatic rings. The van der Waals surface area contributed by atoms with Crippen LogP contribution in [-0.4, -0.2) is 26.0 Å². The summed E-state index contributed by atoms with van der Waals surface area (Å²) < 4.78 is 5.32.